The molecule has 6 N–H and O–H groups in total. The van der Waals surface area contributed by atoms with Gasteiger partial charge in [0.2, 0.25) is 11.8 Å². The summed E-state index contributed by atoms with van der Waals surface area (Å²) in [7, 11) is 0. The van der Waals surface area contributed by atoms with E-state index in [1.54, 1.807) is 0 Å². The van der Waals surface area contributed by atoms with Crippen molar-refractivity contribution in [1.29, 1.82) is 0 Å². The summed E-state index contributed by atoms with van der Waals surface area (Å²) in [6.07, 6.45) is 0. The van der Waals surface area contributed by atoms with E-state index >= 15 is 0 Å². The number of ether oxygens (including phenoxy) is 1. The first-order chi connectivity index (χ1) is 9.81. The lowest BCUT2D eigenvalue weighted by Gasteiger charge is -2.15. The normalized spacial score (nSPS) is 14.4. The van der Waals surface area contributed by atoms with Crippen LogP contribution in [0.2, 0.25) is 2.82 Å². The van der Waals surface area contributed by atoms with Crippen LogP contribution < -0.4 is 22.1 Å². The largest absolute Gasteiger partial charge is 0.390 e. The molecule has 9 heteroatoms. The fourth-order valence-electron chi connectivity index (χ4n) is 0.979. The summed E-state index contributed by atoms with van der Waals surface area (Å²) in [4.78, 5) is 45.3. The van der Waals surface area contributed by atoms with Gasteiger partial charge in [-0.25, -0.2) is 9.59 Å². The van der Waals surface area contributed by atoms with E-state index in [4.69, 9.17) is 2.82 Å². The topological polar surface area (TPSA) is 154 Å². The number of hydrogen-bond acceptors (Lipinski definition) is 7. The summed E-state index contributed by atoms with van der Waals surface area (Å²) in [5.74, 6) is -3.19. The lowest BCUT2D eigenvalue weighted by atomic mass is 10.3. The SMILES string of the molecule is [2H]NCC(=O)N[C@@H](C)C(=O)OC(=O)[C@H](C)NC(=O)CN[2H]. The van der Waals surface area contributed by atoms with Crippen LogP contribution in [0.4, 0.5) is 0 Å². The lowest BCUT2D eigenvalue weighted by Crippen LogP contribution is -2.46. The molecule has 19 heavy (non-hydrogen) atoms. The Bertz CT molecular complexity index is 371. The van der Waals surface area contributed by atoms with Crippen LogP contribution in [-0.4, -0.2) is 48.9 Å². The maximum absolute atomic E-state index is 11.5. The fourth-order valence-corrected chi connectivity index (χ4v) is 0.979. The fraction of sp³-hybridized carbons (Fsp3) is 0.600. The summed E-state index contributed by atoms with van der Waals surface area (Å²) in [5.41, 5.74) is 3.71. The third kappa shape index (κ3) is 6.48. The Hall–Kier alpha value is -2.00. The standard InChI is InChI=1S/C10H18N4O5/c1-5(13-7(15)3-11)9(17)19-10(18)6(2)14-8(16)4-12/h5-6H,3-4,11-12H2,1-2H3,(H,13,15)(H,14,16)/t5-,6-/m0/s1/i/hD2. The van der Waals surface area contributed by atoms with Gasteiger partial charge in [0.15, 0.2) is 0 Å². The second kappa shape index (κ2) is 8.16. The van der Waals surface area contributed by atoms with Crippen LogP contribution in [0.25, 0.3) is 0 Å². The Kier molecular flexibility index (Phi) is 5.77. The third-order valence-electron chi connectivity index (χ3n) is 1.98. The molecular weight excluding hydrogens is 256 g/mol. The highest BCUT2D eigenvalue weighted by molar-refractivity contribution is 5.94. The minimum Gasteiger partial charge on any atom is -0.390 e. The van der Waals surface area contributed by atoms with E-state index in [2.05, 4.69) is 15.4 Å². The Morgan fingerprint density at radius 2 is 1.37 bits per heavy atom. The number of carbonyl (C=O) groups excluding carboxylic acids is 4. The molecule has 0 rings (SSSR count). The van der Waals surface area contributed by atoms with Crippen molar-refractivity contribution in [2.75, 3.05) is 13.1 Å². The molecule has 0 aromatic heterocycles. The zero-order valence-corrected chi connectivity index (χ0v) is 10.6. The Labute approximate surface area is 112 Å². The predicted molar refractivity (Wildman–Crippen MR) is 64.4 cm³/mol. The third-order valence-corrected chi connectivity index (χ3v) is 1.98. The van der Waals surface area contributed by atoms with Crippen molar-refractivity contribution in [3.63, 3.8) is 0 Å². The maximum atomic E-state index is 11.5. The summed E-state index contributed by atoms with van der Waals surface area (Å²) in [6, 6.07) is -2.15. The maximum Gasteiger partial charge on any atom is 0.336 e. The number of hydrogen-bond donors (Lipinski definition) is 4. The van der Waals surface area contributed by atoms with Crippen molar-refractivity contribution in [3.8, 4) is 0 Å². The van der Waals surface area contributed by atoms with Gasteiger partial charge >= 0.3 is 11.9 Å². The van der Waals surface area contributed by atoms with E-state index in [9.17, 15) is 19.2 Å². The second-order valence-corrected chi connectivity index (χ2v) is 3.67. The van der Waals surface area contributed by atoms with Gasteiger partial charge in [0, 0.05) is 0 Å². The number of esters is 2. The molecule has 2 atom stereocenters. The molecule has 0 saturated carbocycles. The predicted octanol–water partition coefficient (Wildman–Crippen LogP) is -3.02. The molecule has 0 spiro atoms. The molecule has 0 aromatic rings. The molecular formula is C10H18N4O5. The van der Waals surface area contributed by atoms with Crippen LogP contribution in [0.1, 0.15) is 13.8 Å². The van der Waals surface area contributed by atoms with Crippen molar-refractivity contribution in [2.45, 2.75) is 25.9 Å². The van der Waals surface area contributed by atoms with Gasteiger partial charge in [-0.3, -0.25) is 9.59 Å². The first kappa shape index (κ1) is 13.4. The molecule has 0 heterocycles. The molecule has 0 aliphatic rings. The Morgan fingerprint density at radius 3 is 1.68 bits per heavy atom. The first-order valence-corrected chi connectivity index (χ1v) is 5.45. The molecule has 0 saturated heterocycles. The smallest absolute Gasteiger partial charge is 0.336 e. The molecule has 0 aliphatic carbocycles. The average Bonchev–Trinajstić information content (AvgIpc) is 2.38. The number of nitrogens with one attached hydrogen (secondary N) is 2. The van der Waals surface area contributed by atoms with Crippen molar-refractivity contribution in [2.24, 2.45) is 11.5 Å². The van der Waals surface area contributed by atoms with Crippen LogP contribution in [0.3, 0.4) is 0 Å². The van der Waals surface area contributed by atoms with Crippen LogP contribution >= 0.6 is 0 Å². The number of rotatable bonds is 8. The van der Waals surface area contributed by atoms with Crippen LogP contribution in [0, 0.1) is 0 Å². The molecule has 2 amide bonds. The van der Waals surface area contributed by atoms with Crippen molar-refractivity contribution in [3.05, 3.63) is 0 Å². The van der Waals surface area contributed by atoms with Gasteiger partial charge in [-0.05, 0) is 13.8 Å². The minimum absolute atomic E-state index is 0.307. The molecule has 0 radical (unpaired) electrons. The molecule has 0 aromatic carbocycles. The van der Waals surface area contributed by atoms with E-state index in [1.165, 1.54) is 13.8 Å². The van der Waals surface area contributed by atoms with Gasteiger partial charge in [0.25, 0.3) is 0 Å². The van der Waals surface area contributed by atoms with Gasteiger partial charge in [-0.2, -0.15) is 0 Å². The molecule has 0 bridgehead atoms. The second-order valence-electron chi connectivity index (χ2n) is 3.67. The Morgan fingerprint density at radius 1 is 1.00 bits per heavy atom. The zero-order valence-electron chi connectivity index (χ0n) is 12.6. The first-order valence-electron chi connectivity index (χ1n) is 6.45. The summed E-state index contributed by atoms with van der Waals surface area (Å²) in [5, 5.41) is 4.43. The van der Waals surface area contributed by atoms with Crippen LogP contribution in [0.5, 0.6) is 0 Å². The van der Waals surface area contributed by atoms with Crippen LogP contribution in [0.15, 0.2) is 0 Å². The number of amides is 2. The summed E-state index contributed by atoms with van der Waals surface area (Å²) >= 11 is 0. The summed E-state index contributed by atoms with van der Waals surface area (Å²) in [6.45, 7) is 2.01. The monoisotopic (exact) mass is 276 g/mol. The highest BCUT2D eigenvalue weighted by atomic mass is 16.6. The minimum atomic E-state index is -1.08. The van der Waals surface area contributed by atoms with E-state index in [0.29, 0.717) is 0 Å². The average molecular weight is 276 g/mol. The molecule has 0 fully saturated rings. The van der Waals surface area contributed by atoms with Gasteiger partial charge < -0.3 is 26.8 Å². The van der Waals surface area contributed by atoms with Crippen LogP contribution in [-0.2, 0) is 23.9 Å². The van der Waals surface area contributed by atoms with E-state index in [-0.39, 0.29) is 13.1 Å². The highest BCUT2D eigenvalue weighted by Crippen LogP contribution is 1.93. The molecule has 0 unspecified atom stereocenters. The van der Waals surface area contributed by atoms with Crippen molar-refractivity contribution >= 4 is 23.8 Å². The van der Waals surface area contributed by atoms with E-state index in [1.807, 2.05) is 11.5 Å². The number of nitrogens with two attached hydrogens (primary N) is 2. The molecule has 0 aliphatic heterocycles. The van der Waals surface area contributed by atoms with Gasteiger partial charge in [-0.15, -0.1) is 0 Å². The van der Waals surface area contributed by atoms with Gasteiger partial charge in [0.1, 0.15) is 14.9 Å². The van der Waals surface area contributed by atoms with E-state index < -0.39 is 35.8 Å². The lowest BCUT2D eigenvalue weighted by molar-refractivity contribution is -0.163. The summed E-state index contributed by atoms with van der Waals surface area (Å²) < 4.78 is 17.7. The quantitative estimate of drug-likeness (QED) is 0.272. The van der Waals surface area contributed by atoms with Crippen molar-refractivity contribution < 1.29 is 26.7 Å². The number of carbonyl (C=O) groups is 4. The zero-order chi connectivity index (χ0) is 16.4. The highest BCUT2D eigenvalue weighted by Gasteiger charge is 2.23. The molecule has 9 nitrogen and oxygen atoms in total. The Balaban J connectivity index is 4.27. The van der Waals surface area contributed by atoms with E-state index in [0.717, 1.165) is 0 Å². The van der Waals surface area contributed by atoms with Crippen molar-refractivity contribution in [1.82, 2.24) is 10.6 Å². The molecule has 108 valence electrons. The van der Waals surface area contributed by atoms with Gasteiger partial charge in [-0.1, -0.05) is 0 Å². The van der Waals surface area contributed by atoms with Gasteiger partial charge in [0.05, 0.1) is 13.1 Å².